The lowest BCUT2D eigenvalue weighted by molar-refractivity contribution is -0.136. The van der Waals surface area contributed by atoms with Crippen LogP contribution in [0.1, 0.15) is 5.82 Å². The highest BCUT2D eigenvalue weighted by atomic mass is 32.2. The number of hydrogen-bond donors (Lipinski definition) is 1. The molecule has 0 amide bonds. The number of benzene rings is 1. The van der Waals surface area contributed by atoms with Crippen molar-refractivity contribution in [2.75, 3.05) is 0 Å². The van der Waals surface area contributed by atoms with Crippen LogP contribution in [0.5, 0.6) is 0 Å². The van der Waals surface area contributed by atoms with Crippen LogP contribution in [-0.2, 0) is 11.2 Å². The number of rotatable bonds is 4. The van der Waals surface area contributed by atoms with Gasteiger partial charge in [-0.3, -0.25) is 4.79 Å². The molecule has 0 spiro atoms. The SMILES string of the molecule is O=C(O)Cc1nc(-c2cc(F)cc(F)c2)nn1SF. The second-order valence-corrected chi connectivity index (χ2v) is 4.01. The maximum atomic E-state index is 13.0. The van der Waals surface area contributed by atoms with E-state index in [1.807, 2.05) is 0 Å². The van der Waals surface area contributed by atoms with Gasteiger partial charge in [0.1, 0.15) is 18.1 Å². The quantitative estimate of drug-likeness (QED) is 0.934. The van der Waals surface area contributed by atoms with Gasteiger partial charge in [0.25, 0.3) is 0 Å². The van der Waals surface area contributed by atoms with Crippen LogP contribution in [0.3, 0.4) is 0 Å². The fourth-order valence-electron chi connectivity index (χ4n) is 1.43. The normalized spacial score (nSPS) is 10.7. The number of carboxylic acids is 1. The molecule has 0 unspecified atom stereocenters. The summed E-state index contributed by atoms with van der Waals surface area (Å²) < 4.78 is 39.3. The Hall–Kier alpha value is -2.03. The first-order valence-electron chi connectivity index (χ1n) is 4.93. The van der Waals surface area contributed by atoms with E-state index in [-0.39, 0.29) is 29.5 Å². The van der Waals surface area contributed by atoms with Gasteiger partial charge in [0, 0.05) is 11.6 Å². The van der Waals surface area contributed by atoms with Crippen molar-refractivity contribution in [2.24, 2.45) is 0 Å². The third kappa shape index (κ3) is 3.05. The van der Waals surface area contributed by atoms with Gasteiger partial charge in [-0.25, -0.2) is 13.8 Å². The average molecular weight is 289 g/mol. The van der Waals surface area contributed by atoms with Gasteiger partial charge in [-0.15, -0.1) is 8.98 Å². The van der Waals surface area contributed by atoms with Crippen LogP contribution < -0.4 is 0 Å². The van der Waals surface area contributed by atoms with Crippen molar-refractivity contribution in [1.82, 2.24) is 14.2 Å². The molecule has 9 heteroatoms. The first-order valence-corrected chi connectivity index (χ1v) is 5.60. The third-order valence-corrected chi connectivity index (χ3v) is 2.56. The zero-order valence-electron chi connectivity index (χ0n) is 9.18. The lowest BCUT2D eigenvalue weighted by atomic mass is 10.2. The lowest BCUT2D eigenvalue weighted by Crippen LogP contribution is -2.05. The summed E-state index contributed by atoms with van der Waals surface area (Å²) in [5.74, 6) is -3.21. The summed E-state index contributed by atoms with van der Waals surface area (Å²) in [5, 5.41) is 12.3. The Balaban J connectivity index is 2.45. The number of carbonyl (C=O) groups is 1. The van der Waals surface area contributed by atoms with Crippen molar-refractivity contribution in [3.05, 3.63) is 35.7 Å². The number of aromatic nitrogens is 3. The predicted molar refractivity (Wildman–Crippen MR) is 60.8 cm³/mol. The van der Waals surface area contributed by atoms with E-state index in [1.165, 1.54) is 0 Å². The van der Waals surface area contributed by atoms with E-state index in [9.17, 15) is 17.5 Å². The number of carboxylic acid groups (broad SMARTS) is 1. The van der Waals surface area contributed by atoms with E-state index in [2.05, 4.69) is 10.1 Å². The van der Waals surface area contributed by atoms with Crippen LogP contribution in [0.4, 0.5) is 12.7 Å². The van der Waals surface area contributed by atoms with Gasteiger partial charge in [0.2, 0.25) is 0 Å². The number of aliphatic carboxylic acids is 1. The largest absolute Gasteiger partial charge is 0.481 e. The number of nitrogens with zero attached hydrogens (tertiary/aromatic N) is 3. The molecule has 5 nitrogen and oxygen atoms in total. The highest BCUT2D eigenvalue weighted by Crippen LogP contribution is 2.21. The zero-order chi connectivity index (χ0) is 14.0. The van der Waals surface area contributed by atoms with Crippen LogP contribution in [0.15, 0.2) is 18.2 Å². The third-order valence-electron chi connectivity index (χ3n) is 2.14. The topological polar surface area (TPSA) is 68.0 Å². The molecular formula is C10H6F3N3O2S. The second-order valence-electron chi connectivity index (χ2n) is 3.52. The van der Waals surface area contributed by atoms with E-state index in [1.54, 1.807) is 0 Å². The number of halogens is 3. The van der Waals surface area contributed by atoms with Crippen LogP contribution >= 0.6 is 12.3 Å². The molecule has 0 radical (unpaired) electrons. The molecule has 0 fully saturated rings. The summed E-state index contributed by atoms with van der Waals surface area (Å²) >= 11 is -0.346. The fraction of sp³-hybridized carbons (Fsp3) is 0.100. The van der Waals surface area contributed by atoms with Gasteiger partial charge in [-0.05, 0) is 12.1 Å². The molecule has 2 rings (SSSR count). The van der Waals surface area contributed by atoms with Crippen molar-refractivity contribution >= 4 is 18.3 Å². The first kappa shape index (κ1) is 13.4. The molecule has 19 heavy (non-hydrogen) atoms. The Morgan fingerprint density at radius 1 is 1.32 bits per heavy atom. The van der Waals surface area contributed by atoms with E-state index < -0.39 is 24.0 Å². The Kier molecular flexibility index (Phi) is 3.74. The summed E-state index contributed by atoms with van der Waals surface area (Å²) in [7, 11) is 0. The van der Waals surface area contributed by atoms with Crippen molar-refractivity contribution < 1.29 is 22.6 Å². The molecule has 1 N–H and O–H groups in total. The van der Waals surface area contributed by atoms with E-state index >= 15 is 0 Å². The van der Waals surface area contributed by atoms with Crippen molar-refractivity contribution in [3.8, 4) is 11.4 Å². The zero-order valence-corrected chi connectivity index (χ0v) is 9.99. The van der Waals surface area contributed by atoms with Gasteiger partial charge in [0.15, 0.2) is 24.0 Å². The lowest BCUT2D eigenvalue weighted by Gasteiger charge is -1.96. The summed E-state index contributed by atoms with van der Waals surface area (Å²) in [5.41, 5.74) is -0.00283. The Morgan fingerprint density at radius 2 is 1.95 bits per heavy atom. The smallest absolute Gasteiger partial charge is 0.311 e. The van der Waals surface area contributed by atoms with E-state index in [4.69, 9.17) is 5.11 Å². The Labute approximate surface area is 109 Å². The van der Waals surface area contributed by atoms with Crippen LogP contribution in [0.2, 0.25) is 0 Å². The highest BCUT2D eigenvalue weighted by Gasteiger charge is 2.16. The molecule has 1 aromatic carbocycles. The van der Waals surface area contributed by atoms with Crippen LogP contribution in [0, 0.1) is 11.6 Å². The molecule has 0 atom stereocenters. The van der Waals surface area contributed by atoms with Gasteiger partial charge in [0.05, 0.1) is 0 Å². The monoisotopic (exact) mass is 289 g/mol. The molecule has 0 saturated carbocycles. The van der Waals surface area contributed by atoms with Crippen molar-refractivity contribution in [1.29, 1.82) is 0 Å². The summed E-state index contributed by atoms with van der Waals surface area (Å²) in [6.45, 7) is 0. The van der Waals surface area contributed by atoms with Crippen molar-refractivity contribution in [2.45, 2.75) is 6.42 Å². The minimum atomic E-state index is -1.22. The first-order chi connectivity index (χ1) is 8.99. The van der Waals surface area contributed by atoms with Crippen LogP contribution in [-0.4, -0.2) is 25.2 Å². The van der Waals surface area contributed by atoms with Crippen molar-refractivity contribution in [3.63, 3.8) is 0 Å². The molecule has 1 aromatic heterocycles. The summed E-state index contributed by atoms with van der Waals surface area (Å²) in [6.07, 6.45) is -0.554. The highest BCUT2D eigenvalue weighted by molar-refractivity contribution is 7.92. The summed E-state index contributed by atoms with van der Waals surface area (Å²) in [6, 6.07) is 2.61. The van der Waals surface area contributed by atoms with Gasteiger partial charge >= 0.3 is 5.97 Å². The fourth-order valence-corrected chi connectivity index (χ4v) is 1.73. The Morgan fingerprint density at radius 3 is 2.47 bits per heavy atom. The standard InChI is InChI=1S/C10H6F3N3O2S/c11-6-1-5(2-7(12)3-6)10-14-8(4-9(17)18)16(15-10)19-13/h1-3H,4H2,(H,17,18). The van der Waals surface area contributed by atoms with Crippen LogP contribution in [0.25, 0.3) is 11.4 Å². The molecule has 2 aromatic rings. The molecule has 1 heterocycles. The minimum Gasteiger partial charge on any atom is -0.481 e. The Bertz CT molecular complexity index is 612. The van der Waals surface area contributed by atoms with Gasteiger partial charge in [-0.2, -0.15) is 4.09 Å². The molecule has 0 aliphatic carbocycles. The number of hydrogen-bond acceptors (Lipinski definition) is 4. The molecule has 0 aliphatic heterocycles. The molecule has 100 valence electrons. The maximum Gasteiger partial charge on any atom is 0.311 e. The second kappa shape index (κ2) is 5.31. The molecule has 0 aliphatic rings. The molecule has 0 saturated heterocycles. The predicted octanol–water partition coefficient (Wildman–Crippen LogP) is 2.23. The van der Waals surface area contributed by atoms with Gasteiger partial charge in [-0.1, -0.05) is 0 Å². The molecular weight excluding hydrogens is 283 g/mol. The van der Waals surface area contributed by atoms with E-state index in [0.29, 0.717) is 10.2 Å². The minimum absolute atomic E-state index is 0.00283. The molecule has 0 bridgehead atoms. The maximum absolute atomic E-state index is 13.0. The summed E-state index contributed by atoms with van der Waals surface area (Å²) in [4.78, 5) is 14.3. The average Bonchev–Trinajstić information content (AvgIpc) is 2.70. The van der Waals surface area contributed by atoms with E-state index in [0.717, 1.165) is 12.1 Å². The van der Waals surface area contributed by atoms with Gasteiger partial charge < -0.3 is 5.11 Å².